The summed E-state index contributed by atoms with van der Waals surface area (Å²) in [6.07, 6.45) is -1.42. The van der Waals surface area contributed by atoms with Gasteiger partial charge in [0.2, 0.25) is 11.9 Å². The molecule has 1 atom stereocenters. The number of halogens is 5. The van der Waals surface area contributed by atoms with Crippen LogP contribution >= 0.6 is 23.2 Å². The van der Waals surface area contributed by atoms with Crippen LogP contribution in [0.5, 0.6) is 0 Å². The maximum absolute atomic E-state index is 13.1. The van der Waals surface area contributed by atoms with Crippen molar-refractivity contribution >= 4 is 35.1 Å². The molecule has 1 saturated carbocycles. The number of anilines is 1. The first-order valence-corrected chi connectivity index (χ1v) is 10.6. The van der Waals surface area contributed by atoms with E-state index in [0.29, 0.717) is 22.3 Å². The highest BCUT2D eigenvalue weighted by Gasteiger charge is 2.38. The number of benzene rings is 1. The van der Waals surface area contributed by atoms with Gasteiger partial charge in [0.25, 0.3) is 0 Å². The average Bonchev–Trinajstić information content (AvgIpc) is 3.32. The van der Waals surface area contributed by atoms with E-state index in [1.165, 1.54) is 15.7 Å². The molecule has 1 unspecified atom stereocenters. The molecule has 0 saturated heterocycles. The van der Waals surface area contributed by atoms with Gasteiger partial charge in [-0.3, -0.25) is 14.8 Å². The maximum Gasteiger partial charge on any atom is 0.435 e. The molecule has 12 heteroatoms. The second kappa shape index (κ2) is 8.74. The quantitative estimate of drug-likeness (QED) is 0.509. The Morgan fingerprint density at radius 1 is 1.22 bits per heavy atom. The second-order valence-corrected chi connectivity index (χ2v) is 8.63. The van der Waals surface area contributed by atoms with Gasteiger partial charge >= 0.3 is 6.18 Å². The molecular weight excluding hydrogens is 468 g/mol. The minimum absolute atomic E-state index is 0.0255. The van der Waals surface area contributed by atoms with Crippen LogP contribution in [0.15, 0.2) is 30.6 Å². The fourth-order valence-corrected chi connectivity index (χ4v) is 3.57. The van der Waals surface area contributed by atoms with Crippen molar-refractivity contribution in [3.8, 4) is 0 Å². The van der Waals surface area contributed by atoms with E-state index in [1.54, 1.807) is 25.1 Å². The van der Waals surface area contributed by atoms with Gasteiger partial charge in [-0.1, -0.05) is 36.2 Å². The van der Waals surface area contributed by atoms with E-state index in [4.69, 9.17) is 23.2 Å². The molecule has 170 valence electrons. The van der Waals surface area contributed by atoms with E-state index in [2.05, 4.69) is 20.5 Å². The van der Waals surface area contributed by atoms with Crippen molar-refractivity contribution in [1.82, 2.24) is 24.5 Å². The number of carbonyl (C=O) groups is 1. The first-order chi connectivity index (χ1) is 15.1. The van der Waals surface area contributed by atoms with Gasteiger partial charge in [0.1, 0.15) is 6.33 Å². The normalized spacial score (nSPS) is 15.1. The third-order valence-corrected chi connectivity index (χ3v) is 5.83. The number of nitrogens with zero attached hydrogens (tertiary/aromatic N) is 5. The van der Waals surface area contributed by atoms with Gasteiger partial charge in [-0.2, -0.15) is 18.3 Å². The fraction of sp³-hybridized carbons (Fsp3) is 0.400. The lowest BCUT2D eigenvalue weighted by Gasteiger charge is -2.13. The molecule has 1 aromatic carbocycles. The zero-order valence-electron chi connectivity index (χ0n) is 16.9. The molecule has 0 bridgehead atoms. The molecule has 0 spiro atoms. The Bertz CT molecular complexity index is 1140. The van der Waals surface area contributed by atoms with Crippen LogP contribution < -0.4 is 5.32 Å². The molecule has 0 aliphatic heterocycles. The number of amides is 1. The summed E-state index contributed by atoms with van der Waals surface area (Å²) in [6.45, 7) is 2.01. The molecule has 7 nitrogen and oxygen atoms in total. The van der Waals surface area contributed by atoms with Crippen LogP contribution in [0.2, 0.25) is 10.0 Å². The molecule has 4 rings (SSSR count). The van der Waals surface area contributed by atoms with Gasteiger partial charge in [-0.05, 0) is 36.6 Å². The number of hydrogen-bond acceptors (Lipinski definition) is 4. The Balaban J connectivity index is 1.39. The lowest BCUT2D eigenvalue weighted by atomic mass is 10.1. The number of nitrogens with one attached hydrogen (secondary N) is 1. The van der Waals surface area contributed by atoms with Gasteiger partial charge in [0, 0.05) is 11.6 Å². The van der Waals surface area contributed by atoms with E-state index in [0.717, 1.165) is 24.5 Å². The first-order valence-electron chi connectivity index (χ1n) is 9.89. The lowest BCUT2D eigenvalue weighted by molar-refractivity contribution is -0.141. The zero-order valence-corrected chi connectivity index (χ0v) is 18.4. The van der Waals surface area contributed by atoms with Gasteiger partial charge < -0.3 is 0 Å². The van der Waals surface area contributed by atoms with Gasteiger partial charge in [0.05, 0.1) is 29.1 Å². The number of aromatic nitrogens is 5. The number of alkyl halides is 3. The molecule has 1 amide bonds. The topological polar surface area (TPSA) is 77.6 Å². The van der Waals surface area contributed by atoms with Crippen LogP contribution in [-0.2, 0) is 24.1 Å². The Labute approximate surface area is 191 Å². The van der Waals surface area contributed by atoms with Crippen LogP contribution in [0.1, 0.15) is 42.6 Å². The number of hydrogen-bond donors (Lipinski definition) is 1. The summed E-state index contributed by atoms with van der Waals surface area (Å²) in [6, 6.07) is 6.26. The van der Waals surface area contributed by atoms with E-state index >= 15 is 0 Å². The fourth-order valence-electron chi connectivity index (χ4n) is 3.25. The van der Waals surface area contributed by atoms with E-state index in [-0.39, 0.29) is 18.4 Å². The highest BCUT2D eigenvalue weighted by molar-refractivity contribution is 6.42. The van der Waals surface area contributed by atoms with Crippen molar-refractivity contribution in [2.24, 2.45) is 5.92 Å². The standard InChI is InChI=1S/C20H19Cl2F3N6O/c1-11(8-31-16(13-3-4-13)7-17(28-31)20(23,24)25)18(32)27-19-26-10-30(29-19)9-12-2-5-14(21)15(22)6-12/h2,5-7,10-11,13H,3-4,8-9H2,1H3,(H,27,29,32). The molecule has 1 aliphatic carbocycles. The third-order valence-electron chi connectivity index (χ3n) is 5.09. The zero-order chi connectivity index (χ0) is 23.0. The second-order valence-electron chi connectivity index (χ2n) is 7.81. The van der Waals surface area contributed by atoms with E-state index in [9.17, 15) is 18.0 Å². The Morgan fingerprint density at radius 2 is 1.97 bits per heavy atom. The van der Waals surface area contributed by atoms with Crippen molar-refractivity contribution in [2.75, 3.05) is 5.32 Å². The molecule has 3 aromatic rings. The van der Waals surface area contributed by atoms with E-state index in [1.807, 2.05) is 0 Å². The molecular formula is C20H19Cl2F3N6O. The smallest absolute Gasteiger partial charge is 0.293 e. The van der Waals surface area contributed by atoms with Crippen molar-refractivity contribution in [1.29, 1.82) is 0 Å². The van der Waals surface area contributed by atoms with Gasteiger partial charge in [0.15, 0.2) is 5.69 Å². The van der Waals surface area contributed by atoms with Crippen molar-refractivity contribution in [3.63, 3.8) is 0 Å². The minimum Gasteiger partial charge on any atom is -0.293 e. The molecule has 1 fully saturated rings. The highest BCUT2D eigenvalue weighted by atomic mass is 35.5. The van der Waals surface area contributed by atoms with Crippen LogP contribution in [0.4, 0.5) is 19.1 Å². The van der Waals surface area contributed by atoms with Crippen molar-refractivity contribution < 1.29 is 18.0 Å². The summed E-state index contributed by atoms with van der Waals surface area (Å²) in [5.74, 6) is -0.896. The summed E-state index contributed by atoms with van der Waals surface area (Å²) in [5.41, 5.74) is 0.429. The maximum atomic E-state index is 13.1. The Hall–Kier alpha value is -2.59. The molecule has 1 aliphatic rings. The number of carbonyl (C=O) groups excluding carboxylic acids is 1. The molecule has 1 N–H and O–H groups in total. The van der Waals surface area contributed by atoms with Crippen molar-refractivity contribution in [3.05, 3.63) is 57.6 Å². The molecule has 0 radical (unpaired) electrons. The summed E-state index contributed by atoms with van der Waals surface area (Å²) < 4.78 is 42.0. The van der Waals surface area contributed by atoms with E-state index < -0.39 is 23.7 Å². The summed E-state index contributed by atoms with van der Waals surface area (Å²) in [4.78, 5) is 16.6. The van der Waals surface area contributed by atoms with Gasteiger partial charge in [-0.15, -0.1) is 5.10 Å². The van der Waals surface area contributed by atoms with Crippen LogP contribution in [0.3, 0.4) is 0 Å². The predicted molar refractivity (Wildman–Crippen MR) is 113 cm³/mol. The summed E-state index contributed by atoms with van der Waals surface area (Å²) in [7, 11) is 0. The Kier molecular flexibility index (Phi) is 6.17. The lowest BCUT2D eigenvalue weighted by Crippen LogP contribution is -2.26. The van der Waals surface area contributed by atoms with Crippen molar-refractivity contribution in [2.45, 2.75) is 44.9 Å². The number of rotatable bonds is 7. The van der Waals surface area contributed by atoms with Crippen LogP contribution in [0.25, 0.3) is 0 Å². The minimum atomic E-state index is -4.52. The molecule has 32 heavy (non-hydrogen) atoms. The first kappa shape index (κ1) is 22.6. The van der Waals surface area contributed by atoms with Gasteiger partial charge in [-0.25, -0.2) is 9.67 Å². The highest BCUT2D eigenvalue weighted by Crippen LogP contribution is 2.42. The molecule has 2 aromatic heterocycles. The van der Waals surface area contributed by atoms with Crippen LogP contribution in [-0.4, -0.2) is 30.5 Å². The van der Waals surface area contributed by atoms with Crippen LogP contribution in [0, 0.1) is 5.92 Å². The average molecular weight is 487 g/mol. The predicted octanol–water partition coefficient (Wildman–Crippen LogP) is 5.00. The summed E-state index contributed by atoms with van der Waals surface area (Å²) in [5, 5.41) is 11.4. The summed E-state index contributed by atoms with van der Waals surface area (Å²) >= 11 is 11.9. The Morgan fingerprint density at radius 3 is 2.62 bits per heavy atom. The molecule has 2 heterocycles. The third kappa shape index (κ3) is 5.24. The monoisotopic (exact) mass is 486 g/mol. The SMILES string of the molecule is CC(Cn1nc(C(F)(F)F)cc1C1CC1)C(=O)Nc1ncn(Cc2ccc(Cl)c(Cl)c2)n1. The largest absolute Gasteiger partial charge is 0.435 e.